The minimum atomic E-state index is -0.00405. The second-order valence-electron chi connectivity index (χ2n) is 5.12. The summed E-state index contributed by atoms with van der Waals surface area (Å²) in [6.07, 6.45) is 2.81. The maximum atomic E-state index is 12.4. The molecule has 1 aromatic carbocycles. The van der Waals surface area contributed by atoms with Gasteiger partial charge in [-0.1, -0.05) is 18.2 Å². The van der Waals surface area contributed by atoms with Crippen molar-refractivity contribution in [1.82, 2.24) is 14.7 Å². The molecule has 0 saturated carbocycles. The Hall–Kier alpha value is -1.85. The van der Waals surface area contributed by atoms with Crippen LogP contribution in [0.1, 0.15) is 16.9 Å². The number of rotatable bonds is 3. The highest BCUT2D eigenvalue weighted by Gasteiger charge is 2.27. The number of likely N-dealkylation sites (tertiary alicyclic amines) is 1. The predicted octanol–water partition coefficient (Wildman–Crippen LogP) is 1.71. The molecule has 1 atom stereocenters. The van der Waals surface area contributed by atoms with Crippen LogP contribution in [0.4, 0.5) is 0 Å². The van der Waals surface area contributed by atoms with Crippen molar-refractivity contribution in [3.05, 3.63) is 48.3 Å². The maximum absolute atomic E-state index is 12.4. The largest absolute Gasteiger partial charge is 0.337 e. The number of benzene rings is 1. The number of amides is 1. The quantitative estimate of drug-likeness (QED) is 0.939. The number of carbonyl (C=O) groups is 1. The summed E-state index contributed by atoms with van der Waals surface area (Å²) in [5.74, 6) is 0.422. The number of carbonyl (C=O) groups excluding carboxylic acids is 1. The van der Waals surface area contributed by atoms with Crippen molar-refractivity contribution in [2.75, 3.05) is 19.6 Å². The Morgan fingerprint density at radius 1 is 1.29 bits per heavy atom. The van der Waals surface area contributed by atoms with Gasteiger partial charge in [-0.05, 0) is 37.1 Å². The number of para-hydroxylation sites is 1. The molecule has 2 aromatic rings. The molecule has 1 aromatic heterocycles. The van der Waals surface area contributed by atoms with Crippen molar-refractivity contribution < 1.29 is 4.79 Å². The van der Waals surface area contributed by atoms with Crippen LogP contribution in [0.2, 0.25) is 0 Å². The Kier molecular flexibility index (Phi) is 4.98. The summed E-state index contributed by atoms with van der Waals surface area (Å²) in [4.78, 5) is 14.2. The van der Waals surface area contributed by atoms with E-state index in [0.29, 0.717) is 18.2 Å². The summed E-state index contributed by atoms with van der Waals surface area (Å²) in [7, 11) is 0. The molecule has 1 fully saturated rings. The Balaban J connectivity index is 0.00000161. The Morgan fingerprint density at radius 3 is 2.71 bits per heavy atom. The molecule has 6 heteroatoms. The second-order valence-corrected chi connectivity index (χ2v) is 5.12. The average Bonchev–Trinajstić information content (AvgIpc) is 3.17. The number of nitrogens with zero attached hydrogens (tertiary/aromatic N) is 3. The number of hydrogen-bond donors (Lipinski definition) is 1. The lowest BCUT2D eigenvalue weighted by molar-refractivity contribution is 0.0781. The van der Waals surface area contributed by atoms with Crippen molar-refractivity contribution in [2.45, 2.75) is 6.42 Å². The zero-order valence-corrected chi connectivity index (χ0v) is 12.5. The van der Waals surface area contributed by atoms with E-state index in [9.17, 15) is 4.79 Å². The first-order chi connectivity index (χ1) is 9.78. The van der Waals surface area contributed by atoms with Crippen LogP contribution in [-0.2, 0) is 0 Å². The summed E-state index contributed by atoms with van der Waals surface area (Å²) in [5.41, 5.74) is 7.10. The van der Waals surface area contributed by atoms with E-state index in [-0.39, 0.29) is 18.3 Å². The highest BCUT2D eigenvalue weighted by atomic mass is 35.5. The van der Waals surface area contributed by atoms with Gasteiger partial charge >= 0.3 is 0 Å². The first-order valence-electron chi connectivity index (χ1n) is 6.88. The zero-order chi connectivity index (χ0) is 13.9. The molecule has 1 aliphatic heterocycles. The van der Waals surface area contributed by atoms with Crippen molar-refractivity contribution in [1.29, 1.82) is 0 Å². The van der Waals surface area contributed by atoms with Gasteiger partial charge in [0.25, 0.3) is 5.91 Å². The Bertz CT molecular complexity index is 599. The van der Waals surface area contributed by atoms with E-state index < -0.39 is 0 Å². The van der Waals surface area contributed by atoms with E-state index in [2.05, 4.69) is 5.10 Å². The zero-order valence-electron chi connectivity index (χ0n) is 11.7. The van der Waals surface area contributed by atoms with Crippen LogP contribution in [0.25, 0.3) is 5.69 Å². The van der Waals surface area contributed by atoms with Gasteiger partial charge in [0.1, 0.15) is 0 Å². The summed E-state index contributed by atoms with van der Waals surface area (Å²) in [5, 5.41) is 4.37. The molecular weight excluding hydrogens is 288 g/mol. The van der Waals surface area contributed by atoms with E-state index in [1.54, 1.807) is 10.7 Å². The van der Waals surface area contributed by atoms with Gasteiger partial charge < -0.3 is 10.6 Å². The molecule has 0 bridgehead atoms. The van der Waals surface area contributed by atoms with Gasteiger partial charge in [0.05, 0.1) is 5.69 Å². The third-order valence-electron chi connectivity index (χ3n) is 3.74. The molecular formula is C15H19ClN4O. The standard InChI is InChI=1S/C15H18N4O.ClH/c16-10-12-6-8-18(11-12)15(20)14-7-9-19(17-14)13-4-2-1-3-5-13;/h1-5,7,9,12H,6,8,10-11,16H2;1H. The SMILES string of the molecule is Cl.NCC1CCN(C(=O)c2ccn(-c3ccccc3)n2)C1. The first kappa shape index (κ1) is 15.5. The summed E-state index contributed by atoms with van der Waals surface area (Å²) in [6.45, 7) is 2.16. The molecule has 1 aliphatic rings. The van der Waals surface area contributed by atoms with E-state index in [1.807, 2.05) is 41.4 Å². The molecule has 2 heterocycles. The molecule has 1 unspecified atom stereocenters. The predicted molar refractivity (Wildman–Crippen MR) is 83.9 cm³/mol. The smallest absolute Gasteiger partial charge is 0.274 e. The minimum absolute atomic E-state index is 0. The number of halogens is 1. The van der Waals surface area contributed by atoms with Gasteiger partial charge in [0.2, 0.25) is 0 Å². The van der Waals surface area contributed by atoms with Crippen molar-refractivity contribution in [3.8, 4) is 5.69 Å². The molecule has 0 aliphatic carbocycles. The van der Waals surface area contributed by atoms with Gasteiger partial charge in [0, 0.05) is 19.3 Å². The van der Waals surface area contributed by atoms with Crippen LogP contribution < -0.4 is 5.73 Å². The van der Waals surface area contributed by atoms with Crippen LogP contribution in [0.3, 0.4) is 0 Å². The monoisotopic (exact) mass is 306 g/mol. The highest BCUT2D eigenvalue weighted by Crippen LogP contribution is 2.17. The molecule has 21 heavy (non-hydrogen) atoms. The van der Waals surface area contributed by atoms with E-state index in [0.717, 1.165) is 25.2 Å². The number of hydrogen-bond acceptors (Lipinski definition) is 3. The fraction of sp³-hybridized carbons (Fsp3) is 0.333. The lowest BCUT2D eigenvalue weighted by Gasteiger charge is -2.14. The van der Waals surface area contributed by atoms with Crippen LogP contribution in [0, 0.1) is 5.92 Å². The van der Waals surface area contributed by atoms with Gasteiger partial charge in [-0.3, -0.25) is 4.79 Å². The second kappa shape index (κ2) is 6.74. The van der Waals surface area contributed by atoms with E-state index >= 15 is 0 Å². The maximum Gasteiger partial charge on any atom is 0.274 e. The van der Waals surface area contributed by atoms with E-state index in [4.69, 9.17) is 5.73 Å². The Labute approximate surface area is 130 Å². The number of nitrogens with two attached hydrogens (primary N) is 1. The van der Waals surface area contributed by atoms with Gasteiger partial charge in [-0.25, -0.2) is 4.68 Å². The van der Waals surface area contributed by atoms with Crippen LogP contribution in [0.5, 0.6) is 0 Å². The molecule has 3 rings (SSSR count). The molecule has 0 radical (unpaired) electrons. The van der Waals surface area contributed by atoms with Crippen molar-refractivity contribution in [2.24, 2.45) is 11.7 Å². The number of aromatic nitrogens is 2. The van der Waals surface area contributed by atoms with Gasteiger partial charge in [-0.15, -0.1) is 12.4 Å². The average molecular weight is 307 g/mol. The Morgan fingerprint density at radius 2 is 2.05 bits per heavy atom. The topological polar surface area (TPSA) is 64.2 Å². The minimum Gasteiger partial charge on any atom is -0.337 e. The summed E-state index contributed by atoms with van der Waals surface area (Å²) in [6, 6.07) is 11.5. The molecule has 1 amide bonds. The van der Waals surface area contributed by atoms with Crippen LogP contribution in [-0.4, -0.2) is 40.2 Å². The molecule has 0 spiro atoms. The van der Waals surface area contributed by atoms with Crippen LogP contribution in [0.15, 0.2) is 42.6 Å². The van der Waals surface area contributed by atoms with Gasteiger partial charge in [-0.2, -0.15) is 5.10 Å². The van der Waals surface area contributed by atoms with Gasteiger partial charge in [0.15, 0.2) is 5.69 Å². The van der Waals surface area contributed by atoms with Crippen molar-refractivity contribution >= 4 is 18.3 Å². The fourth-order valence-electron chi connectivity index (χ4n) is 2.53. The summed E-state index contributed by atoms with van der Waals surface area (Å²) < 4.78 is 1.73. The normalized spacial score (nSPS) is 17.6. The lowest BCUT2D eigenvalue weighted by Crippen LogP contribution is -2.30. The fourth-order valence-corrected chi connectivity index (χ4v) is 2.53. The molecule has 2 N–H and O–H groups in total. The third kappa shape index (κ3) is 3.25. The van der Waals surface area contributed by atoms with Crippen LogP contribution >= 0.6 is 12.4 Å². The highest BCUT2D eigenvalue weighted by molar-refractivity contribution is 5.92. The van der Waals surface area contributed by atoms with E-state index in [1.165, 1.54) is 0 Å². The molecule has 112 valence electrons. The molecule has 5 nitrogen and oxygen atoms in total. The first-order valence-corrected chi connectivity index (χ1v) is 6.88. The third-order valence-corrected chi connectivity index (χ3v) is 3.74. The summed E-state index contributed by atoms with van der Waals surface area (Å²) >= 11 is 0. The van der Waals surface area contributed by atoms with Crippen molar-refractivity contribution in [3.63, 3.8) is 0 Å². The molecule has 1 saturated heterocycles. The lowest BCUT2D eigenvalue weighted by atomic mass is 10.1.